The lowest BCUT2D eigenvalue weighted by Crippen LogP contribution is -2.38. The fourth-order valence-electron chi connectivity index (χ4n) is 4.80. The fourth-order valence-corrected chi connectivity index (χ4v) is 4.80. The van der Waals surface area contributed by atoms with Crippen LogP contribution in [-0.4, -0.2) is 49.4 Å². The first kappa shape index (κ1) is 27.0. The zero-order chi connectivity index (χ0) is 26.9. The van der Waals surface area contributed by atoms with Gasteiger partial charge in [0.05, 0.1) is 5.70 Å². The van der Waals surface area contributed by atoms with E-state index in [0.29, 0.717) is 5.92 Å². The number of nitrogens with zero attached hydrogens (tertiary/aromatic N) is 3. The highest BCUT2D eigenvalue weighted by molar-refractivity contribution is 6.03. The third-order valence-electron chi connectivity index (χ3n) is 7.01. The summed E-state index contributed by atoms with van der Waals surface area (Å²) in [5, 5.41) is 3.53. The SMILES string of the molecule is C=C/C(C)=C1/NC(c2ccccc2N)=CC(=NCCCN(C)CC(c2ccccc2)c2ccccc2)N1C. The molecule has 0 radical (unpaired) electrons. The molecule has 0 saturated heterocycles. The van der Waals surface area contributed by atoms with E-state index in [0.717, 1.165) is 60.2 Å². The first-order valence-corrected chi connectivity index (χ1v) is 13.2. The highest BCUT2D eigenvalue weighted by Crippen LogP contribution is 2.27. The van der Waals surface area contributed by atoms with Crippen molar-refractivity contribution in [3.8, 4) is 0 Å². The number of para-hydroxylation sites is 1. The molecule has 5 nitrogen and oxygen atoms in total. The van der Waals surface area contributed by atoms with Crippen molar-refractivity contribution in [2.24, 2.45) is 4.99 Å². The number of amidine groups is 1. The molecule has 1 aliphatic heterocycles. The lowest BCUT2D eigenvalue weighted by Gasteiger charge is -2.32. The van der Waals surface area contributed by atoms with Crippen molar-refractivity contribution < 1.29 is 0 Å². The monoisotopic (exact) mass is 505 g/mol. The van der Waals surface area contributed by atoms with E-state index in [1.165, 1.54) is 11.1 Å². The summed E-state index contributed by atoms with van der Waals surface area (Å²) >= 11 is 0. The van der Waals surface area contributed by atoms with Crippen LogP contribution in [0, 0.1) is 0 Å². The molecule has 0 unspecified atom stereocenters. The van der Waals surface area contributed by atoms with Crippen molar-refractivity contribution in [1.29, 1.82) is 0 Å². The van der Waals surface area contributed by atoms with E-state index in [4.69, 9.17) is 10.7 Å². The molecular formula is C33H39N5. The smallest absolute Gasteiger partial charge is 0.130 e. The first-order valence-electron chi connectivity index (χ1n) is 13.2. The van der Waals surface area contributed by atoms with Gasteiger partial charge in [0.2, 0.25) is 0 Å². The van der Waals surface area contributed by atoms with Crippen LogP contribution in [0.3, 0.4) is 0 Å². The van der Waals surface area contributed by atoms with Crippen LogP contribution in [0.25, 0.3) is 5.70 Å². The van der Waals surface area contributed by atoms with E-state index in [-0.39, 0.29) is 0 Å². The molecule has 196 valence electrons. The van der Waals surface area contributed by atoms with Crippen molar-refractivity contribution in [2.45, 2.75) is 19.3 Å². The van der Waals surface area contributed by atoms with Gasteiger partial charge in [-0.05, 0) is 49.7 Å². The third kappa shape index (κ3) is 6.61. The topological polar surface area (TPSA) is 56.9 Å². The number of hydrogen-bond donors (Lipinski definition) is 2. The first-order chi connectivity index (χ1) is 18.5. The molecule has 0 amide bonds. The van der Waals surface area contributed by atoms with Crippen LogP contribution >= 0.6 is 0 Å². The molecule has 3 N–H and O–H groups in total. The molecule has 0 aromatic heterocycles. The minimum Gasteiger partial charge on any atom is -0.398 e. The number of aliphatic imine (C=N–C) groups is 1. The number of nitrogens with one attached hydrogen (secondary N) is 1. The molecule has 0 spiro atoms. The van der Waals surface area contributed by atoms with E-state index in [2.05, 4.69) is 95.5 Å². The summed E-state index contributed by atoms with van der Waals surface area (Å²) in [5.41, 5.74) is 12.7. The van der Waals surface area contributed by atoms with Gasteiger partial charge in [-0.3, -0.25) is 4.99 Å². The second kappa shape index (κ2) is 12.9. The zero-order valence-corrected chi connectivity index (χ0v) is 22.8. The summed E-state index contributed by atoms with van der Waals surface area (Å²) in [6.07, 6.45) is 4.91. The lowest BCUT2D eigenvalue weighted by atomic mass is 9.91. The second-order valence-corrected chi connectivity index (χ2v) is 9.79. The minimum atomic E-state index is 0.334. The maximum atomic E-state index is 6.29. The Bertz CT molecular complexity index is 1270. The van der Waals surface area contributed by atoms with Crippen LogP contribution in [0.4, 0.5) is 5.69 Å². The van der Waals surface area contributed by atoms with E-state index in [1.807, 2.05) is 44.3 Å². The van der Waals surface area contributed by atoms with Gasteiger partial charge in [-0.25, -0.2) is 0 Å². The fraction of sp³-hybridized carbons (Fsp3) is 0.242. The molecule has 0 atom stereocenters. The molecule has 0 fully saturated rings. The highest BCUT2D eigenvalue weighted by atomic mass is 15.3. The summed E-state index contributed by atoms with van der Waals surface area (Å²) in [6, 6.07) is 29.5. The van der Waals surface area contributed by atoms with Gasteiger partial charge in [0.1, 0.15) is 11.7 Å². The number of anilines is 1. The Morgan fingerprint density at radius 3 is 2.21 bits per heavy atom. The number of hydrogen-bond acceptors (Lipinski definition) is 4. The van der Waals surface area contributed by atoms with E-state index in [9.17, 15) is 0 Å². The second-order valence-electron chi connectivity index (χ2n) is 9.79. The molecule has 3 aromatic rings. The number of rotatable bonds is 10. The van der Waals surface area contributed by atoms with Gasteiger partial charge < -0.3 is 20.9 Å². The van der Waals surface area contributed by atoms with Gasteiger partial charge in [-0.15, -0.1) is 0 Å². The molecule has 0 aliphatic carbocycles. The van der Waals surface area contributed by atoms with Crippen molar-refractivity contribution in [2.75, 3.05) is 39.5 Å². The van der Waals surface area contributed by atoms with Crippen LogP contribution in [0.15, 0.2) is 120 Å². The quantitative estimate of drug-likeness (QED) is 0.258. The van der Waals surface area contributed by atoms with Crippen LogP contribution in [-0.2, 0) is 0 Å². The average molecular weight is 506 g/mol. The molecule has 1 aliphatic rings. The van der Waals surface area contributed by atoms with Crippen LogP contribution < -0.4 is 11.1 Å². The average Bonchev–Trinajstić information content (AvgIpc) is 2.95. The predicted molar refractivity (Wildman–Crippen MR) is 162 cm³/mol. The number of allylic oxidation sites excluding steroid dienone is 2. The molecule has 1 heterocycles. The Morgan fingerprint density at radius 1 is 1.00 bits per heavy atom. The molecule has 38 heavy (non-hydrogen) atoms. The Balaban J connectivity index is 1.46. The number of nitrogen functional groups attached to an aromatic ring is 1. The Labute approximate surface area is 227 Å². The van der Waals surface area contributed by atoms with Crippen LogP contribution in [0.2, 0.25) is 0 Å². The van der Waals surface area contributed by atoms with E-state index >= 15 is 0 Å². The third-order valence-corrected chi connectivity index (χ3v) is 7.01. The van der Waals surface area contributed by atoms with Crippen molar-refractivity contribution >= 4 is 17.2 Å². The van der Waals surface area contributed by atoms with Crippen molar-refractivity contribution in [3.05, 3.63) is 132 Å². The largest absolute Gasteiger partial charge is 0.398 e. The summed E-state index contributed by atoms with van der Waals surface area (Å²) in [6.45, 7) is 8.66. The van der Waals surface area contributed by atoms with Gasteiger partial charge in [0, 0.05) is 43.4 Å². The normalized spacial score (nSPS) is 16.0. The number of benzene rings is 3. The standard InChI is InChI=1S/C33H39N5/c1-5-25(2)33-36-31(28-19-12-13-20-30(28)34)23-32(38(33)4)35-21-14-22-37(3)24-29(26-15-8-6-9-16-26)27-17-10-7-11-18-27/h5-13,15-20,23,29,36H,1,14,21-22,24,34H2,2-4H3/b33-25-,35-32?. The van der Waals surface area contributed by atoms with E-state index < -0.39 is 0 Å². The Kier molecular flexibility index (Phi) is 9.17. The summed E-state index contributed by atoms with van der Waals surface area (Å²) in [7, 11) is 4.24. The van der Waals surface area contributed by atoms with Gasteiger partial charge in [0.15, 0.2) is 0 Å². The molecule has 4 rings (SSSR count). The van der Waals surface area contributed by atoms with Gasteiger partial charge in [-0.1, -0.05) is 91.5 Å². The predicted octanol–water partition coefficient (Wildman–Crippen LogP) is 6.11. The molecule has 0 bridgehead atoms. The number of nitrogens with two attached hydrogens (primary N) is 1. The summed E-state index contributed by atoms with van der Waals surface area (Å²) in [4.78, 5) is 9.49. The Hall–Kier alpha value is -4.09. The highest BCUT2D eigenvalue weighted by Gasteiger charge is 2.21. The van der Waals surface area contributed by atoms with E-state index in [1.54, 1.807) is 0 Å². The molecule has 5 heteroatoms. The minimum absolute atomic E-state index is 0.334. The number of likely N-dealkylation sites (N-methyl/N-ethyl adjacent to an activating group) is 2. The van der Waals surface area contributed by atoms with Crippen molar-refractivity contribution in [1.82, 2.24) is 15.1 Å². The zero-order valence-electron chi connectivity index (χ0n) is 22.8. The maximum Gasteiger partial charge on any atom is 0.130 e. The lowest BCUT2D eigenvalue weighted by molar-refractivity contribution is 0.320. The van der Waals surface area contributed by atoms with Crippen LogP contribution in [0.5, 0.6) is 0 Å². The molecule has 0 saturated carbocycles. The molecular weight excluding hydrogens is 466 g/mol. The van der Waals surface area contributed by atoms with Crippen molar-refractivity contribution in [3.63, 3.8) is 0 Å². The van der Waals surface area contributed by atoms with Gasteiger partial charge in [-0.2, -0.15) is 0 Å². The maximum absolute atomic E-state index is 6.29. The van der Waals surface area contributed by atoms with Gasteiger partial charge in [0.25, 0.3) is 0 Å². The Morgan fingerprint density at radius 2 is 1.61 bits per heavy atom. The van der Waals surface area contributed by atoms with Crippen LogP contribution in [0.1, 0.15) is 36.0 Å². The van der Waals surface area contributed by atoms with Gasteiger partial charge >= 0.3 is 0 Å². The summed E-state index contributed by atoms with van der Waals surface area (Å²) < 4.78 is 0. The summed E-state index contributed by atoms with van der Waals surface area (Å²) in [5.74, 6) is 2.21. The molecule has 3 aromatic carbocycles.